The van der Waals surface area contributed by atoms with Gasteiger partial charge in [-0.1, -0.05) is 13.8 Å². The topological polar surface area (TPSA) is 60.0 Å². The molecule has 0 aliphatic carbocycles. The van der Waals surface area contributed by atoms with Gasteiger partial charge in [0, 0.05) is 12.6 Å². The van der Waals surface area contributed by atoms with Gasteiger partial charge in [0.15, 0.2) is 11.5 Å². The van der Waals surface area contributed by atoms with E-state index in [1.54, 1.807) is 21.3 Å². The number of benzene rings is 1. The van der Waals surface area contributed by atoms with E-state index in [-0.39, 0.29) is 12.6 Å². The molecule has 5 nitrogen and oxygen atoms in total. The van der Waals surface area contributed by atoms with Crippen molar-refractivity contribution in [3.63, 3.8) is 0 Å². The molecule has 120 valence electrons. The van der Waals surface area contributed by atoms with Crippen molar-refractivity contribution in [1.82, 2.24) is 5.32 Å². The number of hydrogen-bond acceptors (Lipinski definition) is 5. The minimum absolute atomic E-state index is 0.0871. The molecule has 1 unspecified atom stereocenters. The van der Waals surface area contributed by atoms with Crippen LogP contribution >= 0.6 is 0 Å². The Morgan fingerprint density at radius 3 is 2.00 bits per heavy atom. The van der Waals surface area contributed by atoms with E-state index < -0.39 is 0 Å². The zero-order valence-corrected chi connectivity index (χ0v) is 13.6. The molecule has 0 aliphatic rings. The average molecular weight is 297 g/mol. The molecular weight excluding hydrogens is 270 g/mol. The van der Waals surface area contributed by atoms with Crippen molar-refractivity contribution in [2.24, 2.45) is 5.92 Å². The van der Waals surface area contributed by atoms with Gasteiger partial charge in [0.2, 0.25) is 5.75 Å². The van der Waals surface area contributed by atoms with Crippen LogP contribution in [0.4, 0.5) is 0 Å². The lowest BCUT2D eigenvalue weighted by Crippen LogP contribution is -2.33. The predicted molar refractivity (Wildman–Crippen MR) is 83.3 cm³/mol. The lowest BCUT2D eigenvalue weighted by Gasteiger charge is -2.19. The number of aliphatic hydroxyl groups excluding tert-OH is 1. The first-order valence-corrected chi connectivity index (χ1v) is 7.18. The highest BCUT2D eigenvalue weighted by Crippen LogP contribution is 2.38. The second-order valence-electron chi connectivity index (χ2n) is 5.42. The summed E-state index contributed by atoms with van der Waals surface area (Å²) < 4.78 is 16.0. The molecule has 1 aromatic rings. The molecule has 1 aromatic carbocycles. The van der Waals surface area contributed by atoms with Crippen LogP contribution in [-0.2, 0) is 6.54 Å². The number of rotatable bonds is 9. The van der Waals surface area contributed by atoms with Crippen molar-refractivity contribution in [2.45, 2.75) is 32.9 Å². The van der Waals surface area contributed by atoms with E-state index in [9.17, 15) is 5.11 Å². The van der Waals surface area contributed by atoms with Gasteiger partial charge >= 0.3 is 0 Å². The van der Waals surface area contributed by atoms with Crippen molar-refractivity contribution in [3.05, 3.63) is 17.7 Å². The zero-order valence-electron chi connectivity index (χ0n) is 13.6. The molecule has 0 bridgehead atoms. The van der Waals surface area contributed by atoms with Gasteiger partial charge in [-0.25, -0.2) is 0 Å². The quantitative estimate of drug-likeness (QED) is 0.732. The lowest BCUT2D eigenvalue weighted by molar-refractivity contribution is 0.223. The molecule has 0 amide bonds. The third kappa shape index (κ3) is 5.10. The Morgan fingerprint density at radius 1 is 1.05 bits per heavy atom. The number of aliphatic hydroxyl groups is 1. The maximum Gasteiger partial charge on any atom is 0.203 e. The summed E-state index contributed by atoms with van der Waals surface area (Å²) in [5.41, 5.74) is 1.02. The molecule has 0 aromatic heterocycles. The molecule has 0 saturated carbocycles. The molecule has 5 heteroatoms. The van der Waals surface area contributed by atoms with Gasteiger partial charge in [-0.2, -0.15) is 0 Å². The molecule has 0 aliphatic heterocycles. The lowest BCUT2D eigenvalue weighted by atomic mass is 10.0. The third-order valence-corrected chi connectivity index (χ3v) is 3.30. The first-order chi connectivity index (χ1) is 10.0. The Labute approximate surface area is 127 Å². The summed E-state index contributed by atoms with van der Waals surface area (Å²) in [7, 11) is 4.79. The minimum Gasteiger partial charge on any atom is -0.493 e. The van der Waals surface area contributed by atoms with Crippen LogP contribution in [0.15, 0.2) is 12.1 Å². The van der Waals surface area contributed by atoms with Crippen molar-refractivity contribution < 1.29 is 19.3 Å². The maximum atomic E-state index is 9.40. The van der Waals surface area contributed by atoms with E-state index in [4.69, 9.17) is 14.2 Å². The summed E-state index contributed by atoms with van der Waals surface area (Å²) in [5, 5.41) is 12.8. The Bertz CT molecular complexity index is 409. The van der Waals surface area contributed by atoms with Gasteiger partial charge in [0.1, 0.15) is 0 Å². The summed E-state index contributed by atoms with van der Waals surface area (Å²) in [6, 6.07) is 3.92. The Kier molecular flexibility index (Phi) is 7.32. The van der Waals surface area contributed by atoms with Crippen LogP contribution in [0.1, 0.15) is 25.8 Å². The molecule has 21 heavy (non-hydrogen) atoms. The Hall–Kier alpha value is -1.46. The number of hydrogen-bond donors (Lipinski definition) is 2. The number of ether oxygens (including phenoxy) is 3. The fourth-order valence-corrected chi connectivity index (χ4v) is 2.29. The zero-order chi connectivity index (χ0) is 15.8. The van der Waals surface area contributed by atoms with Crippen LogP contribution in [0.5, 0.6) is 17.2 Å². The maximum absolute atomic E-state index is 9.40. The van der Waals surface area contributed by atoms with Crippen LogP contribution in [-0.4, -0.2) is 39.1 Å². The van der Waals surface area contributed by atoms with E-state index in [2.05, 4.69) is 19.2 Å². The van der Waals surface area contributed by atoms with Gasteiger partial charge in [-0.15, -0.1) is 0 Å². The van der Waals surface area contributed by atoms with Crippen molar-refractivity contribution in [2.75, 3.05) is 27.9 Å². The normalized spacial score (nSPS) is 12.3. The third-order valence-electron chi connectivity index (χ3n) is 3.30. The van der Waals surface area contributed by atoms with Gasteiger partial charge < -0.3 is 24.6 Å². The van der Waals surface area contributed by atoms with Crippen molar-refractivity contribution >= 4 is 0 Å². The first kappa shape index (κ1) is 17.6. The van der Waals surface area contributed by atoms with Gasteiger partial charge in [-0.3, -0.25) is 0 Å². The Balaban J connectivity index is 2.83. The molecule has 2 N–H and O–H groups in total. The standard InChI is InChI=1S/C16H27NO4/c1-11(2)6-13(10-18)17-9-12-7-14(19-3)16(21-5)15(8-12)20-4/h7-8,11,13,17-18H,6,9-10H2,1-5H3. The molecule has 1 rings (SSSR count). The minimum atomic E-state index is 0.0871. The van der Waals surface area contributed by atoms with Crippen molar-refractivity contribution in [3.8, 4) is 17.2 Å². The second kappa shape index (κ2) is 8.74. The monoisotopic (exact) mass is 297 g/mol. The summed E-state index contributed by atoms with van der Waals surface area (Å²) in [5.74, 6) is 2.40. The molecule has 1 atom stereocenters. The van der Waals surface area contributed by atoms with Crippen LogP contribution < -0.4 is 19.5 Å². The predicted octanol–water partition coefficient (Wildman–Crippen LogP) is 2.21. The molecule has 0 saturated heterocycles. The summed E-state index contributed by atoms with van der Waals surface area (Å²) in [4.78, 5) is 0. The second-order valence-corrected chi connectivity index (χ2v) is 5.42. The fraction of sp³-hybridized carbons (Fsp3) is 0.625. The van der Waals surface area contributed by atoms with E-state index >= 15 is 0 Å². The van der Waals surface area contributed by atoms with Crippen LogP contribution in [0.3, 0.4) is 0 Å². The van der Waals surface area contributed by atoms with Crippen molar-refractivity contribution in [1.29, 1.82) is 0 Å². The van der Waals surface area contributed by atoms with Crippen LogP contribution in [0, 0.1) is 5.92 Å². The average Bonchev–Trinajstić information content (AvgIpc) is 2.49. The number of methoxy groups -OCH3 is 3. The number of nitrogens with one attached hydrogen (secondary N) is 1. The van der Waals surface area contributed by atoms with E-state index in [1.807, 2.05) is 12.1 Å². The van der Waals surface area contributed by atoms with Crippen LogP contribution in [0.2, 0.25) is 0 Å². The van der Waals surface area contributed by atoms with Gasteiger partial charge in [0.25, 0.3) is 0 Å². The smallest absolute Gasteiger partial charge is 0.203 e. The summed E-state index contributed by atoms with van der Waals surface area (Å²) >= 11 is 0. The summed E-state index contributed by atoms with van der Waals surface area (Å²) in [6.45, 7) is 5.05. The SMILES string of the molecule is COc1cc(CNC(CO)CC(C)C)cc(OC)c1OC. The highest BCUT2D eigenvalue weighted by molar-refractivity contribution is 5.53. The highest BCUT2D eigenvalue weighted by atomic mass is 16.5. The first-order valence-electron chi connectivity index (χ1n) is 7.18. The molecular formula is C16H27NO4. The van der Waals surface area contributed by atoms with E-state index in [1.165, 1.54) is 0 Å². The molecule has 0 fully saturated rings. The van der Waals surface area contributed by atoms with Crippen LogP contribution in [0.25, 0.3) is 0 Å². The molecule has 0 spiro atoms. The molecule has 0 radical (unpaired) electrons. The van der Waals surface area contributed by atoms with E-state index in [0.717, 1.165) is 12.0 Å². The summed E-state index contributed by atoms with van der Waals surface area (Å²) in [6.07, 6.45) is 0.931. The van der Waals surface area contributed by atoms with E-state index in [0.29, 0.717) is 29.7 Å². The largest absolute Gasteiger partial charge is 0.493 e. The molecule has 0 heterocycles. The fourth-order valence-electron chi connectivity index (χ4n) is 2.29. The highest BCUT2D eigenvalue weighted by Gasteiger charge is 2.14. The Morgan fingerprint density at radius 2 is 1.62 bits per heavy atom. The van der Waals surface area contributed by atoms with Gasteiger partial charge in [-0.05, 0) is 30.0 Å². The van der Waals surface area contributed by atoms with Gasteiger partial charge in [0.05, 0.1) is 27.9 Å².